The molecule has 2 aromatic carbocycles. The monoisotopic (exact) mass is 300 g/mol. The van der Waals surface area contributed by atoms with Crippen LogP contribution in [0.25, 0.3) is 6.08 Å². The van der Waals surface area contributed by atoms with E-state index in [-0.39, 0.29) is 24.0 Å². The third kappa shape index (κ3) is 4.27. The quantitative estimate of drug-likeness (QED) is 0.635. The van der Waals surface area contributed by atoms with E-state index < -0.39 is 0 Å². The SMILES string of the molecule is O=C(C=Cc1ccc(O)cc1CCCO)c1ccc(F)cc1. The van der Waals surface area contributed by atoms with Crippen molar-refractivity contribution in [1.29, 1.82) is 0 Å². The molecular weight excluding hydrogens is 283 g/mol. The molecule has 0 fully saturated rings. The standard InChI is InChI=1S/C18H17FO3/c19-16-7-3-14(4-8-16)18(22)10-6-13-5-9-17(21)12-15(13)2-1-11-20/h3-10,12,20-21H,1-2,11H2. The van der Waals surface area contributed by atoms with Gasteiger partial charge in [-0.05, 0) is 66.4 Å². The molecule has 2 aromatic rings. The highest BCUT2D eigenvalue weighted by molar-refractivity contribution is 6.06. The fourth-order valence-corrected chi connectivity index (χ4v) is 2.12. The number of phenols is 1. The molecule has 4 heteroatoms. The van der Waals surface area contributed by atoms with E-state index in [1.165, 1.54) is 30.3 Å². The van der Waals surface area contributed by atoms with Crippen LogP contribution >= 0.6 is 0 Å². The fourth-order valence-electron chi connectivity index (χ4n) is 2.12. The highest BCUT2D eigenvalue weighted by Gasteiger charge is 2.04. The Hall–Kier alpha value is -2.46. The van der Waals surface area contributed by atoms with E-state index >= 15 is 0 Å². The van der Waals surface area contributed by atoms with Crippen molar-refractivity contribution in [1.82, 2.24) is 0 Å². The van der Waals surface area contributed by atoms with Gasteiger partial charge in [0, 0.05) is 12.2 Å². The number of allylic oxidation sites excluding steroid dienone is 1. The third-order valence-electron chi connectivity index (χ3n) is 3.27. The first-order valence-corrected chi connectivity index (χ1v) is 7.01. The van der Waals surface area contributed by atoms with Crippen LogP contribution in [0.5, 0.6) is 5.75 Å². The maximum absolute atomic E-state index is 12.8. The number of aliphatic hydroxyl groups is 1. The predicted molar refractivity (Wildman–Crippen MR) is 83.3 cm³/mol. The minimum absolute atomic E-state index is 0.0628. The van der Waals surface area contributed by atoms with E-state index in [0.29, 0.717) is 18.4 Å². The lowest BCUT2D eigenvalue weighted by Crippen LogP contribution is -1.96. The first-order chi connectivity index (χ1) is 10.6. The number of carbonyl (C=O) groups excluding carboxylic acids is 1. The van der Waals surface area contributed by atoms with Crippen molar-refractivity contribution < 1.29 is 19.4 Å². The summed E-state index contributed by atoms with van der Waals surface area (Å²) in [4.78, 5) is 12.0. The number of carbonyl (C=O) groups is 1. The Morgan fingerprint density at radius 1 is 1.14 bits per heavy atom. The number of halogens is 1. The molecule has 0 aliphatic heterocycles. The van der Waals surface area contributed by atoms with Gasteiger partial charge in [-0.15, -0.1) is 0 Å². The van der Waals surface area contributed by atoms with Crippen molar-refractivity contribution >= 4 is 11.9 Å². The molecule has 0 aliphatic carbocycles. The summed E-state index contributed by atoms with van der Waals surface area (Å²) < 4.78 is 12.8. The molecule has 0 aliphatic rings. The van der Waals surface area contributed by atoms with Crippen LogP contribution < -0.4 is 0 Å². The van der Waals surface area contributed by atoms with Crippen molar-refractivity contribution in [2.24, 2.45) is 0 Å². The fraction of sp³-hybridized carbons (Fsp3) is 0.167. The first kappa shape index (κ1) is 15.9. The second kappa shape index (κ2) is 7.52. The molecule has 3 nitrogen and oxygen atoms in total. The van der Waals surface area contributed by atoms with Crippen LogP contribution in [0.3, 0.4) is 0 Å². The Morgan fingerprint density at radius 3 is 2.55 bits per heavy atom. The molecule has 0 heterocycles. The molecule has 0 amide bonds. The van der Waals surface area contributed by atoms with Crippen LogP contribution in [-0.4, -0.2) is 22.6 Å². The lowest BCUT2D eigenvalue weighted by Gasteiger charge is -2.06. The molecule has 0 bridgehead atoms. The Morgan fingerprint density at radius 2 is 1.86 bits per heavy atom. The summed E-state index contributed by atoms with van der Waals surface area (Å²) in [5.74, 6) is -0.457. The van der Waals surface area contributed by atoms with Crippen LogP contribution in [-0.2, 0) is 6.42 Å². The summed E-state index contributed by atoms with van der Waals surface area (Å²) in [5, 5.41) is 18.4. The van der Waals surface area contributed by atoms with E-state index in [4.69, 9.17) is 5.11 Å². The molecule has 114 valence electrons. The van der Waals surface area contributed by atoms with Crippen molar-refractivity contribution in [2.45, 2.75) is 12.8 Å². The largest absolute Gasteiger partial charge is 0.508 e. The molecule has 0 saturated carbocycles. The minimum atomic E-state index is -0.384. The zero-order valence-corrected chi connectivity index (χ0v) is 12.0. The minimum Gasteiger partial charge on any atom is -0.508 e. The van der Waals surface area contributed by atoms with Gasteiger partial charge in [0.2, 0.25) is 0 Å². The Labute approximate surface area is 128 Å². The van der Waals surface area contributed by atoms with Gasteiger partial charge in [-0.1, -0.05) is 12.1 Å². The van der Waals surface area contributed by atoms with Gasteiger partial charge < -0.3 is 10.2 Å². The van der Waals surface area contributed by atoms with E-state index in [0.717, 1.165) is 11.1 Å². The Kier molecular flexibility index (Phi) is 5.44. The van der Waals surface area contributed by atoms with E-state index in [1.807, 2.05) is 0 Å². The number of phenolic OH excluding ortho intramolecular Hbond substituents is 1. The average molecular weight is 300 g/mol. The van der Waals surface area contributed by atoms with E-state index in [1.54, 1.807) is 24.3 Å². The maximum atomic E-state index is 12.8. The van der Waals surface area contributed by atoms with Crippen LogP contribution in [0.1, 0.15) is 27.9 Å². The second-order valence-electron chi connectivity index (χ2n) is 4.91. The highest BCUT2D eigenvalue weighted by atomic mass is 19.1. The van der Waals surface area contributed by atoms with Gasteiger partial charge in [-0.2, -0.15) is 0 Å². The summed E-state index contributed by atoms with van der Waals surface area (Å²) in [7, 11) is 0. The second-order valence-corrected chi connectivity index (χ2v) is 4.91. The average Bonchev–Trinajstić information content (AvgIpc) is 2.52. The molecule has 0 aromatic heterocycles. The maximum Gasteiger partial charge on any atom is 0.185 e. The first-order valence-electron chi connectivity index (χ1n) is 7.01. The molecule has 0 unspecified atom stereocenters. The number of rotatable bonds is 6. The summed E-state index contributed by atoms with van der Waals surface area (Å²) >= 11 is 0. The number of aliphatic hydroxyl groups excluding tert-OH is 1. The van der Waals surface area contributed by atoms with Crippen molar-refractivity contribution in [3.05, 3.63) is 71.0 Å². The highest BCUT2D eigenvalue weighted by Crippen LogP contribution is 2.20. The number of hydrogen-bond acceptors (Lipinski definition) is 3. The van der Waals surface area contributed by atoms with Crippen LogP contribution in [0.15, 0.2) is 48.5 Å². The van der Waals surface area contributed by atoms with Gasteiger partial charge in [-0.25, -0.2) is 4.39 Å². The van der Waals surface area contributed by atoms with Crippen LogP contribution in [0, 0.1) is 5.82 Å². The molecule has 22 heavy (non-hydrogen) atoms. The van der Waals surface area contributed by atoms with Gasteiger partial charge in [0.15, 0.2) is 5.78 Å². The van der Waals surface area contributed by atoms with Crippen molar-refractivity contribution in [3.63, 3.8) is 0 Å². The van der Waals surface area contributed by atoms with Crippen LogP contribution in [0.4, 0.5) is 4.39 Å². The number of aryl methyl sites for hydroxylation is 1. The Balaban J connectivity index is 2.18. The molecule has 0 atom stereocenters. The molecule has 0 saturated heterocycles. The molecule has 0 radical (unpaired) electrons. The van der Waals surface area contributed by atoms with Gasteiger partial charge in [0.25, 0.3) is 0 Å². The lowest BCUT2D eigenvalue weighted by molar-refractivity contribution is 0.104. The topological polar surface area (TPSA) is 57.5 Å². The number of benzene rings is 2. The number of hydrogen-bond donors (Lipinski definition) is 2. The van der Waals surface area contributed by atoms with Gasteiger partial charge in [-0.3, -0.25) is 4.79 Å². The Bertz CT molecular complexity index is 675. The summed E-state index contributed by atoms with van der Waals surface area (Å²) in [6, 6.07) is 10.2. The normalized spacial score (nSPS) is 11.0. The van der Waals surface area contributed by atoms with Crippen molar-refractivity contribution in [3.8, 4) is 5.75 Å². The summed E-state index contributed by atoms with van der Waals surface area (Å²) in [6.07, 6.45) is 4.27. The van der Waals surface area contributed by atoms with Crippen molar-refractivity contribution in [2.75, 3.05) is 6.61 Å². The third-order valence-corrected chi connectivity index (χ3v) is 3.27. The summed E-state index contributed by atoms with van der Waals surface area (Å²) in [5.41, 5.74) is 2.08. The van der Waals surface area contributed by atoms with Gasteiger partial charge >= 0.3 is 0 Å². The molecule has 0 spiro atoms. The van der Waals surface area contributed by atoms with Crippen LogP contribution in [0.2, 0.25) is 0 Å². The zero-order valence-electron chi connectivity index (χ0n) is 12.0. The predicted octanol–water partition coefficient (Wildman–Crippen LogP) is 3.35. The molecule has 2 N–H and O–H groups in total. The van der Waals surface area contributed by atoms with Gasteiger partial charge in [0.1, 0.15) is 11.6 Å². The number of ketones is 1. The molecular formula is C18H17FO3. The number of aromatic hydroxyl groups is 1. The van der Waals surface area contributed by atoms with E-state index in [2.05, 4.69) is 0 Å². The molecule has 2 rings (SSSR count). The smallest absolute Gasteiger partial charge is 0.185 e. The summed E-state index contributed by atoms with van der Waals surface area (Å²) in [6.45, 7) is 0.0628. The zero-order chi connectivity index (χ0) is 15.9. The lowest BCUT2D eigenvalue weighted by atomic mass is 10.0. The van der Waals surface area contributed by atoms with E-state index in [9.17, 15) is 14.3 Å². The van der Waals surface area contributed by atoms with Gasteiger partial charge in [0.05, 0.1) is 0 Å².